The Kier molecular flexibility index (Phi) is 22.3. The van der Waals surface area contributed by atoms with Gasteiger partial charge < -0.3 is 10.6 Å². The Morgan fingerprint density at radius 1 is 0.500 bits per heavy atom. The summed E-state index contributed by atoms with van der Waals surface area (Å²) in [6.07, 6.45) is 21.4. The minimum Gasteiger partial charge on any atom is -0.310 e. The molecule has 0 spiro atoms. The lowest BCUT2D eigenvalue weighted by atomic mass is 10.1. The quantitative estimate of drug-likeness (QED) is 0.230. The lowest BCUT2D eigenvalue weighted by Crippen LogP contribution is -2.32. The molecule has 26 heavy (non-hydrogen) atoms. The summed E-state index contributed by atoms with van der Waals surface area (Å²) in [5.41, 5.74) is 0. The molecule has 0 atom stereocenters. The van der Waals surface area contributed by atoms with Gasteiger partial charge in [-0.25, -0.2) is 0 Å². The molecule has 0 aliphatic carbocycles. The van der Waals surface area contributed by atoms with E-state index >= 15 is 0 Å². The van der Waals surface area contributed by atoms with Crippen LogP contribution in [0.5, 0.6) is 0 Å². The van der Waals surface area contributed by atoms with Gasteiger partial charge in [-0.15, -0.1) is 0 Å². The van der Waals surface area contributed by atoms with E-state index in [4.69, 9.17) is 0 Å². The Morgan fingerprint density at radius 3 is 1.15 bits per heavy atom. The van der Waals surface area contributed by atoms with Crippen molar-refractivity contribution in [2.45, 2.75) is 117 Å². The summed E-state index contributed by atoms with van der Waals surface area (Å²) in [6, 6.07) is 0. The first-order valence-electron chi connectivity index (χ1n) is 11.7. The molecule has 0 bridgehead atoms. The fourth-order valence-electron chi connectivity index (χ4n) is 3.29. The van der Waals surface area contributed by atoms with Gasteiger partial charge in [-0.3, -0.25) is 4.79 Å². The first kappa shape index (κ1) is 25.6. The summed E-state index contributed by atoms with van der Waals surface area (Å²) in [6.45, 7) is 7.55. The number of hydrogen-bond donors (Lipinski definition) is 2. The lowest BCUT2D eigenvalue weighted by Gasteiger charge is -2.06. The van der Waals surface area contributed by atoms with Gasteiger partial charge >= 0.3 is 0 Å². The van der Waals surface area contributed by atoms with Crippen molar-refractivity contribution in [2.24, 2.45) is 0 Å². The lowest BCUT2D eigenvalue weighted by molar-refractivity contribution is -0.117. The summed E-state index contributed by atoms with van der Waals surface area (Å²) >= 11 is 0. The molecule has 156 valence electrons. The second kappa shape index (κ2) is 22.6. The second-order valence-electron chi connectivity index (χ2n) is 7.84. The number of carbonyl (C=O) groups excluding carboxylic acids is 1. The minimum absolute atomic E-state index is 0.295. The van der Waals surface area contributed by atoms with E-state index in [0.717, 1.165) is 13.1 Å². The van der Waals surface area contributed by atoms with Crippen LogP contribution in [-0.2, 0) is 4.79 Å². The van der Waals surface area contributed by atoms with Crippen LogP contribution in [0.3, 0.4) is 0 Å². The van der Waals surface area contributed by atoms with Crippen LogP contribution in [0.4, 0.5) is 0 Å². The van der Waals surface area contributed by atoms with Crippen molar-refractivity contribution >= 4 is 5.78 Å². The zero-order valence-corrected chi connectivity index (χ0v) is 18.1. The molecule has 0 saturated heterocycles. The highest BCUT2D eigenvalue weighted by molar-refractivity contribution is 5.82. The van der Waals surface area contributed by atoms with Gasteiger partial charge in [-0.1, -0.05) is 104 Å². The molecule has 0 amide bonds. The molecule has 3 nitrogen and oxygen atoms in total. The molecule has 0 radical (unpaired) electrons. The predicted molar refractivity (Wildman–Crippen MR) is 116 cm³/mol. The van der Waals surface area contributed by atoms with Crippen LogP contribution in [0.15, 0.2) is 0 Å². The van der Waals surface area contributed by atoms with Crippen LogP contribution in [0.25, 0.3) is 0 Å². The molecule has 0 fully saturated rings. The summed E-state index contributed by atoms with van der Waals surface area (Å²) in [4.78, 5) is 11.8. The number of carbonyl (C=O) groups is 1. The average molecular weight is 369 g/mol. The third-order valence-corrected chi connectivity index (χ3v) is 5.06. The van der Waals surface area contributed by atoms with E-state index in [2.05, 4.69) is 24.5 Å². The highest BCUT2D eigenvalue weighted by Crippen LogP contribution is 2.08. The van der Waals surface area contributed by atoms with Crippen molar-refractivity contribution in [1.82, 2.24) is 10.6 Å². The second-order valence-corrected chi connectivity index (χ2v) is 7.84. The van der Waals surface area contributed by atoms with Crippen molar-refractivity contribution in [1.29, 1.82) is 0 Å². The fraction of sp³-hybridized carbons (Fsp3) is 0.957. The molecule has 0 aliphatic heterocycles. The number of ketones is 1. The van der Waals surface area contributed by atoms with Crippen LogP contribution >= 0.6 is 0 Å². The van der Waals surface area contributed by atoms with Crippen molar-refractivity contribution < 1.29 is 4.79 Å². The van der Waals surface area contributed by atoms with Gasteiger partial charge in [0.05, 0.1) is 13.1 Å². The molecular formula is C23H48N2O. The maximum absolute atomic E-state index is 11.8. The van der Waals surface area contributed by atoms with Crippen LogP contribution < -0.4 is 10.6 Å². The molecule has 0 rings (SSSR count). The van der Waals surface area contributed by atoms with Crippen LogP contribution in [0, 0.1) is 0 Å². The summed E-state index contributed by atoms with van der Waals surface area (Å²) in [7, 11) is 0. The van der Waals surface area contributed by atoms with E-state index in [-0.39, 0.29) is 0 Å². The highest BCUT2D eigenvalue weighted by Gasteiger charge is 2.00. The number of hydrogen-bond acceptors (Lipinski definition) is 3. The zero-order chi connectivity index (χ0) is 19.1. The SMILES string of the molecule is CCCCCCCCCCNCC(=O)CNCCCCCCCCCC. The smallest absolute Gasteiger partial charge is 0.160 e. The highest BCUT2D eigenvalue weighted by atomic mass is 16.1. The minimum atomic E-state index is 0.295. The van der Waals surface area contributed by atoms with E-state index < -0.39 is 0 Å². The average Bonchev–Trinajstić information content (AvgIpc) is 2.64. The Hall–Kier alpha value is -0.410. The monoisotopic (exact) mass is 368 g/mol. The van der Waals surface area contributed by atoms with Crippen LogP contribution in [-0.4, -0.2) is 32.0 Å². The predicted octanol–water partition coefficient (Wildman–Crippen LogP) is 6.02. The van der Waals surface area contributed by atoms with E-state index in [1.807, 2.05) is 0 Å². The maximum atomic E-state index is 11.8. The largest absolute Gasteiger partial charge is 0.310 e. The van der Waals surface area contributed by atoms with Gasteiger partial charge in [0.1, 0.15) is 0 Å². The van der Waals surface area contributed by atoms with Crippen LogP contribution in [0.2, 0.25) is 0 Å². The van der Waals surface area contributed by atoms with Gasteiger partial charge in [0, 0.05) is 0 Å². The van der Waals surface area contributed by atoms with Crippen molar-refractivity contribution in [3.05, 3.63) is 0 Å². The molecule has 2 N–H and O–H groups in total. The normalized spacial score (nSPS) is 11.2. The molecule has 0 aromatic rings. The first-order valence-corrected chi connectivity index (χ1v) is 11.7. The van der Waals surface area contributed by atoms with Gasteiger partial charge in [-0.05, 0) is 25.9 Å². The molecule has 3 heteroatoms. The Balaban J connectivity index is 3.13. The van der Waals surface area contributed by atoms with E-state index in [9.17, 15) is 4.79 Å². The van der Waals surface area contributed by atoms with Gasteiger partial charge in [-0.2, -0.15) is 0 Å². The molecule has 0 saturated carbocycles. The summed E-state index contributed by atoms with van der Waals surface area (Å²) in [5, 5.41) is 6.58. The van der Waals surface area contributed by atoms with Crippen molar-refractivity contribution in [2.75, 3.05) is 26.2 Å². The Bertz CT molecular complexity index is 255. The van der Waals surface area contributed by atoms with Gasteiger partial charge in [0.2, 0.25) is 0 Å². The Morgan fingerprint density at radius 2 is 0.808 bits per heavy atom. The number of Topliss-reactive ketones (excluding diaryl/α,β-unsaturated/α-hetero) is 1. The third kappa shape index (κ3) is 21.6. The van der Waals surface area contributed by atoms with Crippen molar-refractivity contribution in [3.8, 4) is 0 Å². The third-order valence-electron chi connectivity index (χ3n) is 5.06. The molecule has 0 heterocycles. The van der Waals surface area contributed by atoms with Gasteiger partial charge in [0.15, 0.2) is 5.78 Å². The van der Waals surface area contributed by atoms with Gasteiger partial charge in [0.25, 0.3) is 0 Å². The number of nitrogens with one attached hydrogen (secondary N) is 2. The van der Waals surface area contributed by atoms with E-state index in [0.29, 0.717) is 18.9 Å². The standard InChI is InChI=1S/C23H48N2O/c1-3-5-7-9-11-13-15-17-19-24-21-23(26)22-25-20-18-16-14-12-10-8-6-4-2/h24-25H,3-22H2,1-2H3. The number of rotatable bonds is 22. The molecular weight excluding hydrogens is 320 g/mol. The van der Waals surface area contributed by atoms with Crippen molar-refractivity contribution in [3.63, 3.8) is 0 Å². The Labute approximate surface area is 164 Å². The first-order chi connectivity index (χ1) is 12.8. The number of unbranched alkanes of at least 4 members (excludes halogenated alkanes) is 14. The fourth-order valence-corrected chi connectivity index (χ4v) is 3.29. The summed E-state index contributed by atoms with van der Waals surface area (Å²) < 4.78 is 0. The van der Waals surface area contributed by atoms with Crippen LogP contribution in [0.1, 0.15) is 117 Å². The topological polar surface area (TPSA) is 41.1 Å². The maximum Gasteiger partial charge on any atom is 0.160 e. The van der Waals surface area contributed by atoms with E-state index in [1.54, 1.807) is 0 Å². The molecule has 0 unspecified atom stereocenters. The molecule has 0 aromatic carbocycles. The molecule has 0 aromatic heterocycles. The van der Waals surface area contributed by atoms with E-state index in [1.165, 1.54) is 103 Å². The summed E-state index contributed by atoms with van der Waals surface area (Å²) in [5.74, 6) is 0.295. The molecule has 0 aliphatic rings. The zero-order valence-electron chi connectivity index (χ0n) is 18.1.